The minimum absolute atomic E-state index is 0.00755. The third-order valence-corrected chi connectivity index (χ3v) is 4.98. The Morgan fingerprint density at radius 2 is 2.30 bits per heavy atom. The molecular weight excluding hydrogens is 298 g/mol. The van der Waals surface area contributed by atoms with Gasteiger partial charge >= 0.3 is 0 Å². The SMILES string of the molecule is NC(=S)c1cccc(S(=O)(=O)CCOC2CCOC2)c1. The van der Waals surface area contributed by atoms with Gasteiger partial charge in [-0.15, -0.1) is 0 Å². The van der Waals surface area contributed by atoms with Crippen LogP contribution < -0.4 is 5.73 Å². The molecule has 1 heterocycles. The summed E-state index contributed by atoms with van der Waals surface area (Å²) in [5.41, 5.74) is 6.05. The fraction of sp³-hybridized carbons (Fsp3) is 0.462. The summed E-state index contributed by atoms with van der Waals surface area (Å²) >= 11 is 4.85. The molecule has 2 N–H and O–H groups in total. The van der Waals surface area contributed by atoms with Crippen molar-refractivity contribution < 1.29 is 17.9 Å². The van der Waals surface area contributed by atoms with E-state index < -0.39 is 9.84 Å². The maximum Gasteiger partial charge on any atom is 0.180 e. The molecule has 0 spiro atoms. The highest BCUT2D eigenvalue weighted by molar-refractivity contribution is 7.91. The first-order valence-corrected chi connectivity index (χ1v) is 8.37. The predicted molar refractivity (Wildman–Crippen MR) is 79.6 cm³/mol. The van der Waals surface area contributed by atoms with Crippen molar-refractivity contribution in [3.8, 4) is 0 Å². The number of ether oxygens (including phenoxy) is 2. The number of thiocarbonyl (C=S) groups is 1. The zero-order valence-corrected chi connectivity index (χ0v) is 12.6. The van der Waals surface area contributed by atoms with Gasteiger partial charge in [0, 0.05) is 12.2 Å². The molecule has 1 fully saturated rings. The lowest BCUT2D eigenvalue weighted by molar-refractivity contribution is 0.0520. The van der Waals surface area contributed by atoms with Crippen LogP contribution in [0.25, 0.3) is 0 Å². The summed E-state index contributed by atoms with van der Waals surface area (Å²) in [5, 5.41) is 0. The Morgan fingerprint density at radius 3 is 2.95 bits per heavy atom. The van der Waals surface area contributed by atoms with Gasteiger partial charge in [-0.25, -0.2) is 8.42 Å². The van der Waals surface area contributed by atoms with E-state index in [2.05, 4.69) is 0 Å². The van der Waals surface area contributed by atoms with Crippen molar-refractivity contribution in [2.75, 3.05) is 25.6 Å². The molecule has 1 unspecified atom stereocenters. The summed E-state index contributed by atoms with van der Waals surface area (Å²) in [6.45, 7) is 1.37. The van der Waals surface area contributed by atoms with Gasteiger partial charge in [0.15, 0.2) is 9.84 Å². The van der Waals surface area contributed by atoms with Crippen molar-refractivity contribution in [1.29, 1.82) is 0 Å². The Bertz CT molecular complexity index is 580. The zero-order valence-electron chi connectivity index (χ0n) is 10.9. The molecule has 1 saturated heterocycles. The zero-order chi connectivity index (χ0) is 14.6. The molecule has 110 valence electrons. The molecule has 7 heteroatoms. The highest BCUT2D eigenvalue weighted by Gasteiger charge is 2.19. The molecule has 0 aliphatic carbocycles. The Hall–Kier alpha value is -1.02. The average Bonchev–Trinajstić information content (AvgIpc) is 2.92. The van der Waals surface area contributed by atoms with Crippen LogP contribution in [-0.2, 0) is 19.3 Å². The van der Waals surface area contributed by atoms with E-state index in [1.165, 1.54) is 12.1 Å². The lowest BCUT2D eigenvalue weighted by Crippen LogP contribution is -2.19. The smallest absolute Gasteiger partial charge is 0.180 e. The number of nitrogens with two attached hydrogens (primary N) is 1. The lowest BCUT2D eigenvalue weighted by atomic mass is 10.2. The average molecular weight is 315 g/mol. The fourth-order valence-corrected chi connectivity index (χ4v) is 3.20. The molecule has 0 amide bonds. The van der Waals surface area contributed by atoms with Crippen molar-refractivity contribution in [2.24, 2.45) is 5.73 Å². The van der Waals surface area contributed by atoms with E-state index in [1.54, 1.807) is 12.1 Å². The second-order valence-electron chi connectivity index (χ2n) is 4.57. The van der Waals surface area contributed by atoms with Gasteiger partial charge in [0.05, 0.1) is 30.0 Å². The maximum atomic E-state index is 12.2. The van der Waals surface area contributed by atoms with Crippen LogP contribution in [0.5, 0.6) is 0 Å². The van der Waals surface area contributed by atoms with Gasteiger partial charge in [-0.05, 0) is 18.6 Å². The monoisotopic (exact) mass is 315 g/mol. The molecule has 5 nitrogen and oxygen atoms in total. The molecule has 1 aromatic carbocycles. The number of sulfone groups is 1. The first kappa shape index (κ1) is 15.4. The third kappa shape index (κ3) is 3.99. The van der Waals surface area contributed by atoms with Crippen LogP contribution in [0.3, 0.4) is 0 Å². The minimum atomic E-state index is -3.39. The summed E-state index contributed by atoms with van der Waals surface area (Å²) in [7, 11) is -3.39. The van der Waals surface area contributed by atoms with Crippen LogP contribution in [-0.4, -0.2) is 45.1 Å². The van der Waals surface area contributed by atoms with Crippen molar-refractivity contribution in [1.82, 2.24) is 0 Å². The van der Waals surface area contributed by atoms with Gasteiger partial charge in [-0.1, -0.05) is 24.4 Å². The largest absolute Gasteiger partial charge is 0.389 e. The molecular formula is C13H17NO4S2. The lowest BCUT2D eigenvalue weighted by Gasteiger charge is -2.10. The normalized spacial score (nSPS) is 19.1. The molecule has 20 heavy (non-hydrogen) atoms. The van der Waals surface area contributed by atoms with Gasteiger partial charge < -0.3 is 15.2 Å². The van der Waals surface area contributed by atoms with Crippen LogP contribution in [0.2, 0.25) is 0 Å². The highest BCUT2D eigenvalue weighted by atomic mass is 32.2. The van der Waals surface area contributed by atoms with E-state index in [-0.39, 0.29) is 28.3 Å². The molecule has 0 bridgehead atoms. The molecule has 1 atom stereocenters. The Kier molecular flexibility index (Phi) is 5.09. The Labute approximate surface area is 124 Å². The molecule has 0 aromatic heterocycles. The van der Waals surface area contributed by atoms with Crippen LogP contribution in [0.1, 0.15) is 12.0 Å². The molecule has 1 aromatic rings. The quantitative estimate of drug-likeness (QED) is 0.786. The van der Waals surface area contributed by atoms with Crippen molar-refractivity contribution in [3.05, 3.63) is 29.8 Å². The van der Waals surface area contributed by atoms with Crippen LogP contribution in [0.15, 0.2) is 29.2 Å². The molecule has 1 aliphatic heterocycles. The topological polar surface area (TPSA) is 78.6 Å². The van der Waals surface area contributed by atoms with Gasteiger partial charge in [0.1, 0.15) is 4.99 Å². The summed E-state index contributed by atoms with van der Waals surface area (Å²) in [6, 6.07) is 6.35. The van der Waals surface area contributed by atoms with E-state index in [4.69, 9.17) is 27.4 Å². The molecule has 2 rings (SSSR count). The number of hydrogen-bond acceptors (Lipinski definition) is 5. The fourth-order valence-electron chi connectivity index (χ4n) is 1.93. The second kappa shape index (κ2) is 6.62. The van der Waals surface area contributed by atoms with Gasteiger partial charge in [-0.2, -0.15) is 0 Å². The summed E-state index contributed by atoms with van der Waals surface area (Å²) in [5.74, 6) is -0.0652. The first-order valence-electron chi connectivity index (χ1n) is 6.31. The second-order valence-corrected chi connectivity index (χ2v) is 7.12. The van der Waals surface area contributed by atoms with E-state index in [9.17, 15) is 8.42 Å². The van der Waals surface area contributed by atoms with Crippen molar-refractivity contribution in [3.63, 3.8) is 0 Å². The predicted octanol–water partition coefficient (Wildman–Crippen LogP) is 0.900. The van der Waals surface area contributed by atoms with Gasteiger partial charge in [-0.3, -0.25) is 0 Å². The Morgan fingerprint density at radius 1 is 1.50 bits per heavy atom. The van der Waals surface area contributed by atoms with E-state index in [0.717, 1.165) is 6.42 Å². The molecule has 0 saturated carbocycles. The third-order valence-electron chi connectivity index (χ3n) is 3.07. The number of hydrogen-bond donors (Lipinski definition) is 1. The maximum absolute atomic E-state index is 12.2. The minimum Gasteiger partial charge on any atom is -0.389 e. The summed E-state index contributed by atoms with van der Waals surface area (Å²) in [4.78, 5) is 0.399. The van der Waals surface area contributed by atoms with E-state index in [0.29, 0.717) is 18.8 Å². The Balaban J connectivity index is 1.98. The summed E-state index contributed by atoms with van der Waals surface area (Å²) < 4.78 is 35.0. The van der Waals surface area contributed by atoms with Crippen molar-refractivity contribution in [2.45, 2.75) is 17.4 Å². The van der Waals surface area contributed by atoms with Crippen LogP contribution in [0, 0.1) is 0 Å². The molecule has 0 radical (unpaired) electrons. The standard InChI is InChI=1S/C13H17NO4S2/c14-13(19)10-2-1-3-12(8-10)20(15,16)7-6-18-11-4-5-17-9-11/h1-3,8,11H,4-7,9H2,(H2,14,19). The van der Waals surface area contributed by atoms with Crippen molar-refractivity contribution >= 4 is 27.0 Å². The highest BCUT2D eigenvalue weighted by Crippen LogP contribution is 2.14. The van der Waals surface area contributed by atoms with Crippen LogP contribution >= 0.6 is 12.2 Å². The van der Waals surface area contributed by atoms with E-state index in [1.807, 2.05) is 0 Å². The van der Waals surface area contributed by atoms with Gasteiger partial charge in [0.25, 0.3) is 0 Å². The summed E-state index contributed by atoms with van der Waals surface area (Å²) in [6.07, 6.45) is 0.824. The number of benzene rings is 1. The molecule has 1 aliphatic rings. The number of rotatable bonds is 6. The van der Waals surface area contributed by atoms with Gasteiger partial charge in [0.2, 0.25) is 0 Å². The van der Waals surface area contributed by atoms with E-state index >= 15 is 0 Å². The van der Waals surface area contributed by atoms with Crippen LogP contribution in [0.4, 0.5) is 0 Å². The first-order chi connectivity index (χ1) is 9.49.